The lowest BCUT2D eigenvalue weighted by atomic mass is 9.82. The van der Waals surface area contributed by atoms with Crippen LogP contribution in [0.4, 0.5) is 0 Å². The van der Waals surface area contributed by atoms with Gasteiger partial charge in [0.05, 0.1) is 36.4 Å². The molecular formula is C29H36N6O5. The molecule has 1 unspecified atom stereocenters. The highest BCUT2D eigenvalue weighted by atomic mass is 16.5. The Bertz CT molecular complexity index is 1510. The van der Waals surface area contributed by atoms with Crippen LogP contribution in [0.15, 0.2) is 50.5 Å². The topological polar surface area (TPSA) is 122 Å². The van der Waals surface area contributed by atoms with Crippen molar-refractivity contribution in [3.63, 3.8) is 0 Å². The molecule has 3 aromatic heterocycles. The Balaban J connectivity index is 1.40. The Labute approximate surface area is 232 Å². The van der Waals surface area contributed by atoms with Crippen LogP contribution in [-0.2, 0) is 16.1 Å². The van der Waals surface area contributed by atoms with E-state index in [4.69, 9.17) is 13.7 Å². The number of nitrogens with zero attached hydrogens (tertiary/aromatic N) is 4. The number of benzene rings is 1. The maximum absolute atomic E-state index is 13.6. The minimum Gasteiger partial charge on any atom is -0.472 e. The minimum atomic E-state index is -0.607. The molecule has 4 heterocycles. The van der Waals surface area contributed by atoms with Crippen LogP contribution in [0.2, 0.25) is 0 Å². The zero-order valence-electron chi connectivity index (χ0n) is 23.0. The van der Waals surface area contributed by atoms with E-state index in [1.54, 1.807) is 12.5 Å². The summed E-state index contributed by atoms with van der Waals surface area (Å²) >= 11 is 0. The fourth-order valence-corrected chi connectivity index (χ4v) is 6.25. The van der Waals surface area contributed by atoms with Crippen molar-refractivity contribution in [3.8, 4) is 22.6 Å². The summed E-state index contributed by atoms with van der Waals surface area (Å²) in [5.74, 6) is 0.0233. The quantitative estimate of drug-likeness (QED) is 0.343. The normalized spacial score (nSPS) is 19.0. The maximum atomic E-state index is 13.6. The molecule has 2 aliphatic rings. The largest absolute Gasteiger partial charge is 0.472 e. The number of hydrazine groups is 1. The van der Waals surface area contributed by atoms with Crippen molar-refractivity contribution in [3.05, 3.63) is 52.9 Å². The van der Waals surface area contributed by atoms with Gasteiger partial charge in [0.25, 0.3) is 5.91 Å². The number of amides is 1. The van der Waals surface area contributed by atoms with Gasteiger partial charge in [0.15, 0.2) is 5.82 Å². The number of likely N-dealkylation sites (N-methyl/N-ethyl adjacent to an activating group) is 1. The summed E-state index contributed by atoms with van der Waals surface area (Å²) in [5.41, 5.74) is 7.94. The fourth-order valence-electron chi connectivity index (χ4n) is 6.25. The van der Waals surface area contributed by atoms with Crippen LogP contribution in [0.3, 0.4) is 0 Å². The highest BCUT2D eigenvalue weighted by Crippen LogP contribution is 2.44. The predicted octanol–water partition coefficient (Wildman–Crippen LogP) is 3.59. The smallest absolute Gasteiger partial charge is 0.439 e. The van der Waals surface area contributed by atoms with E-state index in [1.165, 1.54) is 24.8 Å². The Morgan fingerprint density at radius 3 is 2.75 bits per heavy atom. The number of fused-ring (bicyclic) bond motifs is 1. The molecule has 6 rings (SSSR count). The van der Waals surface area contributed by atoms with Gasteiger partial charge < -0.3 is 18.6 Å². The highest BCUT2D eigenvalue weighted by molar-refractivity contribution is 5.96. The number of carbonyl (C=O) groups is 1. The molecule has 2 N–H and O–H groups in total. The number of aromatic nitrogens is 3. The molecule has 1 amide bonds. The van der Waals surface area contributed by atoms with Crippen molar-refractivity contribution < 1.29 is 18.5 Å². The van der Waals surface area contributed by atoms with E-state index in [1.807, 2.05) is 37.3 Å². The number of hydrogen-bond acceptors (Lipinski definition) is 8. The van der Waals surface area contributed by atoms with Crippen LogP contribution in [-0.4, -0.2) is 77.0 Å². The van der Waals surface area contributed by atoms with Crippen LogP contribution in [0.5, 0.6) is 0 Å². The number of H-pyrrole nitrogens is 1. The molecular weight excluding hydrogens is 512 g/mol. The Morgan fingerprint density at radius 1 is 1.18 bits per heavy atom. The summed E-state index contributed by atoms with van der Waals surface area (Å²) < 4.78 is 18.3. The number of rotatable bonds is 8. The van der Waals surface area contributed by atoms with Crippen molar-refractivity contribution in [2.24, 2.45) is 0 Å². The number of hydrogen-bond donors (Lipinski definition) is 2. The first kappa shape index (κ1) is 26.5. The van der Waals surface area contributed by atoms with Gasteiger partial charge in [-0.1, -0.05) is 36.6 Å². The average molecular weight is 549 g/mol. The molecule has 40 heavy (non-hydrogen) atoms. The Hall–Kier alpha value is -3.67. The van der Waals surface area contributed by atoms with E-state index in [2.05, 4.69) is 31.1 Å². The average Bonchev–Trinajstić information content (AvgIpc) is 3.68. The van der Waals surface area contributed by atoms with Gasteiger partial charge in [-0.25, -0.2) is 9.80 Å². The fraction of sp³-hybridized carbons (Fsp3) is 0.483. The first-order valence-corrected chi connectivity index (χ1v) is 14.0. The minimum absolute atomic E-state index is 0.0306. The van der Waals surface area contributed by atoms with Gasteiger partial charge in [-0.05, 0) is 50.6 Å². The van der Waals surface area contributed by atoms with Crippen LogP contribution in [0, 0.1) is 0 Å². The summed E-state index contributed by atoms with van der Waals surface area (Å²) in [4.78, 5) is 30.0. The number of carbonyl (C=O) groups excluding carboxylic acids is 1. The van der Waals surface area contributed by atoms with Gasteiger partial charge in [0, 0.05) is 36.1 Å². The van der Waals surface area contributed by atoms with E-state index in [-0.39, 0.29) is 18.6 Å². The first-order chi connectivity index (χ1) is 19.5. The summed E-state index contributed by atoms with van der Waals surface area (Å²) in [7, 11) is 4.03. The number of furan rings is 1. The predicted molar refractivity (Wildman–Crippen MR) is 150 cm³/mol. The van der Waals surface area contributed by atoms with Crippen LogP contribution < -0.4 is 11.2 Å². The summed E-state index contributed by atoms with van der Waals surface area (Å²) in [5, 5.41) is 6.94. The molecule has 1 aliphatic heterocycles. The van der Waals surface area contributed by atoms with Gasteiger partial charge >= 0.3 is 5.76 Å². The summed E-state index contributed by atoms with van der Waals surface area (Å²) in [6.45, 7) is 2.74. The van der Waals surface area contributed by atoms with E-state index in [9.17, 15) is 9.59 Å². The van der Waals surface area contributed by atoms with Crippen molar-refractivity contribution in [1.82, 2.24) is 30.0 Å². The lowest BCUT2D eigenvalue weighted by Gasteiger charge is -2.34. The number of morpholine rings is 1. The molecule has 212 valence electrons. The first-order valence-electron chi connectivity index (χ1n) is 14.0. The number of ether oxygens (including phenoxy) is 1. The molecule has 2 fully saturated rings. The van der Waals surface area contributed by atoms with E-state index in [0.29, 0.717) is 37.0 Å². The SMILES string of the molecule is CN(C)CC1CN(NC(=O)Cn2c(-c3ccoc3)c(C3CCCCC3)c3ccc(-c4noc(=O)[nH]4)cc32)CCO1. The molecule has 11 heteroatoms. The summed E-state index contributed by atoms with van der Waals surface area (Å²) in [6, 6.07) is 7.96. The third-order valence-electron chi connectivity index (χ3n) is 7.92. The Morgan fingerprint density at radius 2 is 2.02 bits per heavy atom. The van der Waals surface area contributed by atoms with Crippen molar-refractivity contribution in [1.29, 1.82) is 0 Å². The second-order valence-corrected chi connectivity index (χ2v) is 11.1. The maximum Gasteiger partial charge on any atom is 0.439 e. The van der Waals surface area contributed by atoms with Crippen molar-refractivity contribution in [2.45, 2.75) is 50.7 Å². The van der Waals surface area contributed by atoms with Crippen molar-refractivity contribution in [2.75, 3.05) is 40.3 Å². The van der Waals surface area contributed by atoms with Gasteiger partial charge in [-0.15, -0.1) is 0 Å². The molecule has 1 saturated carbocycles. The number of aromatic amines is 1. The molecule has 1 aromatic carbocycles. The number of nitrogens with one attached hydrogen (secondary N) is 2. The molecule has 0 radical (unpaired) electrons. The Kier molecular flexibility index (Phi) is 7.59. The zero-order chi connectivity index (χ0) is 27.6. The monoisotopic (exact) mass is 548 g/mol. The molecule has 0 spiro atoms. The van der Waals surface area contributed by atoms with Gasteiger partial charge in [0.2, 0.25) is 0 Å². The molecule has 0 bridgehead atoms. The molecule has 1 saturated heterocycles. The van der Waals surface area contributed by atoms with Crippen LogP contribution >= 0.6 is 0 Å². The van der Waals surface area contributed by atoms with Gasteiger partial charge in [0.1, 0.15) is 6.54 Å². The molecule has 1 atom stereocenters. The lowest BCUT2D eigenvalue weighted by Crippen LogP contribution is -2.54. The van der Waals surface area contributed by atoms with E-state index in [0.717, 1.165) is 41.5 Å². The molecule has 4 aromatic rings. The standard InChI is InChI=1S/C29H36N6O5/c1-33(2)15-22-16-34(11-13-39-22)31-25(36)17-35-24-14-20(28-30-29(37)40-32-28)8-9-23(24)26(19-6-4-3-5-7-19)27(35)21-10-12-38-18-21/h8-10,12,14,18-19,22H,3-7,11,13,15-17H2,1-2H3,(H,31,36)(H,30,32,37). The summed E-state index contributed by atoms with van der Waals surface area (Å²) in [6.07, 6.45) is 9.29. The molecule has 11 nitrogen and oxygen atoms in total. The van der Waals surface area contributed by atoms with Crippen LogP contribution in [0.25, 0.3) is 33.5 Å². The van der Waals surface area contributed by atoms with E-state index < -0.39 is 5.76 Å². The van der Waals surface area contributed by atoms with Gasteiger partial charge in [-0.3, -0.25) is 19.7 Å². The van der Waals surface area contributed by atoms with Gasteiger partial charge in [-0.2, -0.15) is 0 Å². The zero-order valence-corrected chi connectivity index (χ0v) is 23.0. The highest BCUT2D eigenvalue weighted by Gasteiger charge is 2.29. The third-order valence-corrected chi connectivity index (χ3v) is 7.92. The van der Waals surface area contributed by atoms with Crippen molar-refractivity contribution >= 4 is 16.8 Å². The lowest BCUT2D eigenvalue weighted by molar-refractivity contribution is -0.131. The third kappa shape index (κ3) is 5.49. The molecule has 1 aliphatic carbocycles. The second kappa shape index (κ2) is 11.4. The van der Waals surface area contributed by atoms with Crippen LogP contribution in [0.1, 0.15) is 43.6 Å². The van der Waals surface area contributed by atoms with E-state index >= 15 is 0 Å². The second-order valence-electron chi connectivity index (χ2n) is 11.1.